The van der Waals surface area contributed by atoms with Gasteiger partial charge in [-0.25, -0.2) is 0 Å². The van der Waals surface area contributed by atoms with Gasteiger partial charge in [0.25, 0.3) is 17.4 Å². The number of carbonyl (C=O) groups is 2. The zero-order valence-electron chi connectivity index (χ0n) is 10.9. The normalized spacial score (nSPS) is 21.1. The summed E-state index contributed by atoms with van der Waals surface area (Å²) in [5.41, 5.74) is -1.00. The van der Waals surface area contributed by atoms with Crippen molar-refractivity contribution in [2.24, 2.45) is 0 Å². The van der Waals surface area contributed by atoms with E-state index >= 15 is 0 Å². The summed E-state index contributed by atoms with van der Waals surface area (Å²) < 4.78 is 10.4. The molecule has 0 radical (unpaired) electrons. The van der Waals surface area contributed by atoms with Gasteiger partial charge in [0.2, 0.25) is 0 Å². The minimum atomic E-state index is -1.57. The molecule has 0 saturated heterocycles. The van der Waals surface area contributed by atoms with Crippen molar-refractivity contribution in [2.75, 3.05) is 25.6 Å². The van der Waals surface area contributed by atoms with Crippen LogP contribution >= 0.6 is 0 Å². The Balaban J connectivity index is 2.15. The highest BCUT2D eigenvalue weighted by Crippen LogP contribution is 2.33. The minimum absolute atomic E-state index is 0.323. The maximum absolute atomic E-state index is 12.1. The highest BCUT2D eigenvalue weighted by molar-refractivity contribution is 6.15. The topological polar surface area (TPSA) is 76.7 Å². The molecule has 1 heterocycles. The van der Waals surface area contributed by atoms with Crippen LogP contribution in [0.2, 0.25) is 0 Å². The van der Waals surface area contributed by atoms with Gasteiger partial charge in [-0.1, -0.05) is 12.1 Å². The van der Waals surface area contributed by atoms with Crippen molar-refractivity contribution in [1.29, 1.82) is 0 Å². The Morgan fingerprint density at radius 2 is 2.21 bits per heavy atom. The number of benzene rings is 1. The van der Waals surface area contributed by atoms with E-state index < -0.39 is 17.4 Å². The quantitative estimate of drug-likeness (QED) is 0.614. The highest BCUT2D eigenvalue weighted by Gasteiger charge is 2.46. The third kappa shape index (κ3) is 2.53. The van der Waals surface area contributed by atoms with Gasteiger partial charge in [0.15, 0.2) is 0 Å². The number of hydrogen-bond donors (Lipinski definition) is 2. The summed E-state index contributed by atoms with van der Waals surface area (Å²) in [6, 6.07) is 6.98. The number of ether oxygens (including phenoxy) is 2. The fourth-order valence-corrected chi connectivity index (χ4v) is 1.75. The maximum atomic E-state index is 12.1. The molecule has 1 aromatic carbocycles. The summed E-state index contributed by atoms with van der Waals surface area (Å²) in [4.78, 5) is 24.1. The third-order valence-corrected chi connectivity index (χ3v) is 2.91. The first-order chi connectivity index (χ1) is 9.08. The summed E-state index contributed by atoms with van der Waals surface area (Å²) in [7, 11) is 1.54. The van der Waals surface area contributed by atoms with E-state index in [4.69, 9.17) is 9.47 Å². The first-order valence-corrected chi connectivity index (χ1v) is 5.94. The van der Waals surface area contributed by atoms with Crippen molar-refractivity contribution in [3.63, 3.8) is 0 Å². The van der Waals surface area contributed by atoms with Gasteiger partial charge in [-0.2, -0.15) is 0 Å². The molecule has 19 heavy (non-hydrogen) atoms. The number of carbonyl (C=O) groups excluding carboxylic acids is 2. The standard InChI is InChI=1S/C13H16N2O4/c1-13(11(16)14-7-8-18-2)12(17)15-9-5-3-4-6-10(9)19-13/h3-6H,7-8H2,1-2H3,(H,14,16)(H,15,17)/t13-/m1/s1. The Bertz CT molecular complexity index is 503. The monoisotopic (exact) mass is 264 g/mol. The molecule has 0 aliphatic carbocycles. The van der Waals surface area contributed by atoms with E-state index in [1.165, 1.54) is 14.0 Å². The Labute approximate surface area is 111 Å². The van der Waals surface area contributed by atoms with Gasteiger partial charge in [0.05, 0.1) is 12.3 Å². The van der Waals surface area contributed by atoms with Crippen molar-refractivity contribution >= 4 is 17.5 Å². The molecule has 1 atom stereocenters. The predicted molar refractivity (Wildman–Crippen MR) is 69.0 cm³/mol. The van der Waals surface area contributed by atoms with Crippen LogP contribution in [0.4, 0.5) is 5.69 Å². The molecule has 6 heteroatoms. The molecular weight excluding hydrogens is 248 g/mol. The average Bonchev–Trinajstić information content (AvgIpc) is 2.40. The van der Waals surface area contributed by atoms with Crippen LogP contribution in [0.5, 0.6) is 5.75 Å². The van der Waals surface area contributed by atoms with Gasteiger partial charge in [0, 0.05) is 13.7 Å². The van der Waals surface area contributed by atoms with E-state index in [2.05, 4.69) is 10.6 Å². The third-order valence-electron chi connectivity index (χ3n) is 2.91. The number of amides is 2. The van der Waals surface area contributed by atoms with E-state index in [9.17, 15) is 9.59 Å². The minimum Gasteiger partial charge on any atom is -0.466 e. The SMILES string of the molecule is COCCNC(=O)[C@@]1(C)Oc2ccccc2NC1=O. The number of anilines is 1. The Morgan fingerprint density at radius 1 is 1.47 bits per heavy atom. The smallest absolute Gasteiger partial charge is 0.278 e. The fraction of sp³-hybridized carbons (Fsp3) is 0.385. The Kier molecular flexibility index (Phi) is 3.71. The number of nitrogens with one attached hydrogen (secondary N) is 2. The van der Waals surface area contributed by atoms with Crippen LogP contribution in [0, 0.1) is 0 Å². The van der Waals surface area contributed by atoms with Gasteiger partial charge in [-0.15, -0.1) is 0 Å². The second-order valence-electron chi connectivity index (χ2n) is 4.33. The van der Waals surface area contributed by atoms with Crippen LogP contribution in [0.3, 0.4) is 0 Å². The molecule has 0 spiro atoms. The zero-order valence-corrected chi connectivity index (χ0v) is 10.9. The van der Waals surface area contributed by atoms with Crippen molar-refractivity contribution in [3.05, 3.63) is 24.3 Å². The van der Waals surface area contributed by atoms with Gasteiger partial charge in [-0.05, 0) is 19.1 Å². The van der Waals surface area contributed by atoms with Gasteiger partial charge in [-0.3, -0.25) is 9.59 Å². The summed E-state index contributed by atoms with van der Waals surface area (Å²) in [6.45, 7) is 2.14. The molecule has 0 aromatic heterocycles. The molecular formula is C13H16N2O4. The molecule has 2 N–H and O–H groups in total. The van der Waals surface area contributed by atoms with Crippen molar-refractivity contribution in [1.82, 2.24) is 5.32 Å². The predicted octanol–water partition coefficient (Wildman–Crippen LogP) is 0.539. The highest BCUT2D eigenvalue weighted by atomic mass is 16.5. The van der Waals surface area contributed by atoms with Crippen LogP contribution in [0.15, 0.2) is 24.3 Å². The van der Waals surface area contributed by atoms with Crippen molar-refractivity contribution in [3.8, 4) is 5.75 Å². The summed E-state index contributed by atoms with van der Waals surface area (Å²) >= 11 is 0. The summed E-state index contributed by atoms with van der Waals surface area (Å²) in [5, 5.41) is 5.27. The van der Waals surface area contributed by atoms with Gasteiger partial charge >= 0.3 is 0 Å². The zero-order chi connectivity index (χ0) is 13.9. The Hall–Kier alpha value is -2.08. The first kappa shape index (κ1) is 13.4. The molecule has 0 unspecified atom stereocenters. The van der Waals surface area contributed by atoms with E-state index in [0.717, 1.165) is 0 Å². The lowest BCUT2D eigenvalue weighted by Gasteiger charge is -2.33. The molecule has 0 saturated carbocycles. The van der Waals surface area contributed by atoms with Gasteiger partial charge < -0.3 is 20.1 Å². The van der Waals surface area contributed by atoms with Crippen LogP contribution in [-0.2, 0) is 14.3 Å². The molecule has 2 amide bonds. The molecule has 1 aliphatic rings. The van der Waals surface area contributed by atoms with Crippen molar-refractivity contribution < 1.29 is 19.1 Å². The van der Waals surface area contributed by atoms with Crippen LogP contribution in [-0.4, -0.2) is 37.7 Å². The van der Waals surface area contributed by atoms with Crippen LogP contribution in [0.1, 0.15) is 6.92 Å². The van der Waals surface area contributed by atoms with Gasteiger partial charge in [0.1, 0.15) is 5.75 Å². The number of methoxy groups -OCH3 is 1. The summed E-state index contributed by atoms with van der Waals surface area (Å²) in [6.07, 6.45) is 0. The molecule has 2 rings (SSSR count). The number of fused-ring (bicyclic) bond motifs is 1. The lowest BCUT2D eigenvalue weighted by molar-refractivity contribution is -0.146. The molecule has 102 valence electrons. The lowest BCUT2D eigenvalue weighted by atomic mass is 10.0. The number of hydrogen-bond acceptors (Lipinski definition) is 4. The molecule has 0 bridgehead atoms. The first-order valence-electron chi connectivity index (χ1n) is 5.94. The van der Waals surface area contributed by atoms with E-state index in [0.29, 0.717) is 24.6 Å². The second kappa shape index (κ2) is 5.27. The molecule has 1 aliphatic heterocycles. The molecule has 6 nitrogen and oxygen atoms in total. The summed E-state index contributed by atoms with van der Waals surface area (Å²) in [5.74, 6) is -0.496. The Morgan fingerprint density at radius 3 is 2.95 bits per heavy atom. The largest absolute Gasteiger partial charge is 0.466 e. The van der Waals surface area contributed by atoms with Crippen molar-refractivity contribution in [2.45, 2.75) is 12.5 Å². The molecule has 0 fully saturated rings. The second-order valence-corrected chi connectivity index (χ2v) is 4.33. The number of para-hydroxylation sites is 2. The van der Waals surface area contributed by atoms with E-state index in [1.807, 2.05) is 0 Å². The maximum Gasteiger partial charge on any atom is 0.278 e. The molecule has 1 aromatic rings. The van der Waals surface area contributed by atoms with E-state index in [1.54, 1.807) is 24.3 Å². The van der Waals surface area contributed by atoms with E-state index in [-0.39, 0.29) is 0 Å². The lowest BCUT2D eigenvalue weighted by Crippen LogP contribution is -2.59. The fourth-order valence-electron chi connectivity index (χ4n) is 1.75. The average molecular weight is 264 g/mol. The van der Waals surface area contributed by atoms with Crippen LogP contribution < -0.4 is 15.4 Å². The van der Waals surface area contributed by atoms with Crippen LogP contribution in [0.25, 0.3) is 0 Å². The number of rotatable bonds is 4.